The van der Waals surface area contributed by atoms with Crippen molar-refractivity contribution >= 4 is 55.6 Å². The molecule has 3 N–H and O–H groups in total. The normalized spacial score (nSPS) is 10.5. The van der Waals surface area contributed by atoms with E-state index in [2.05, 4.69) is 5.32 Å². The number of carbonyl (C=O) groups is 2. The molecule has 0 aliphatic rings. The zero-order valence-electron chi connectivity index (χ0n) is 14.6. The minimum atomic E-state index is -3.21. The summed E-state index contributed by atoms with van der Waals surface area (Å²) in [6, 6.07) is 13.3. The Morgan fingerprint density at radius 1 is 1.11 bits per heavy atom. The van der Waals surface area contributed by atoms with E-state index in [0.717, 1.165) is 5.69 Å². The van der Waals surface area contributed by atoms with Crippen LogP contribution in [0, 0.1) is 0 Å². The van der Waals surface area contributed by atoms with Gasteiger partial charge in [0.2, 0.25) is 5.91 Å². The fraction of sp³-hybridized carbons (Fsp3) is 0.222. The molecule has 0 aliphatic heterocycles. The summed E-state index contributed by atoms with van der Waals surface area (Å²) >= 11 is 10.7. The van der Waals surface area contributed by atoms with E-state index in [1.807, 2.05) is 0 Å². The molecule has 0 unspecified atom stereocenters. The number of halogens is 2. The molecule has 0 fully saturated rings. The third-order valence-electron chi connectivity index (χ3n) is 3.14. The molecule has 1 amide bonds. The summed E-state index contributed by atoms with van der Waals surface area (Å²) in [5.74, 6) is -0.225. The monoisotopic (exact) mass is 430 g/mol. The second kappa shape index (κ2) is 10.9. The standard InChI is InChI=1S/C10H10Cl2O3S.C8H10N2O/c11-4-5-16(14,15)7-8-2-1-3-9(6-8)10(12)13;1-6(11)10-8-4-2-3-7(9)5-8/h1-3,6H,4-5,7H2;2-5H,9H2,1H3,(H,10,11). The maximum Gasteiger partial charge on any atom is 0.252 e. The summed E-state index contributed by atoms with van der Waals surface area (Å²) < 4.78 is 23.0. The van der Waals surface area contributed by atoms with Crippen molar-refractivity contribution in [2.75, 3.05) is 22.7 Å². The number of nitrogens with one attached hydrogen (secondary N) is 1. The van der Waals surface area contributed by atoms with Crippen LogP contribution in [0.3, 0.4) is 0 Å². The summed E-state index contributed by atoms with van der Waals surface area (Å²) in [6.07, 6.45) is 0. The third-order valence-corrected chi connectivity index (χ3v) is 5.37. The molecule has 2 aromatic rings. The average Bonchev–Trinajstić information content (AvgIpc) is 2.54. The summed E-state index contributed by atoms with van der Waals surface area (Å²) in [6.45, 7) is 1.46. The maximum absolute atomic E-state index is 11.5. The van der Waals surface area contributed by atoms with E-state index in [4.69, 9.17) is 28.9 Å². The number of alkyl halides is 1. The minimum Gasteiger partial charge on any atom is -0.399 e. The van der Waals surface area contributed by atoms with Crippen LogP contribution in [0.4, 0.5) is 11.4 Å². The number of nitrogen functional groups attached to an aromatic ring is 1. The number of sulfone groups is 1. The molecule has 0 saturated heterocycles. The van der Waals surface area contributed by atoms with Crippen molar-refractivity contribution in [1.29, 1.82) is 0 Å². The van der Waals surface area contributed by atoms with E-state index in [9.17, 15) is 18.0 Å². The highest BCUT2D eigenvalue weighted by molar-refractivity contribution is 7.90. The van der Waals surface area contributed by atoms with Gasteiger partial charge in [0.15, 0.2) is 9.84 Å². The van der Waals surface area contributed by atoms with Crippen molar-refractivity contribution in [3.63, 3.8) is 0 Å². The largest absolute Gasteiger partial charge is 0.399 e. The van der Waals surface area contributed by atoms with Gasteiger partial charge in [-0.1, -0.05) is 24.3 Å². The van der Waals surface area contributed by atoms with Gasteiger partial charge >= 0.3 is 0 Å². The second-order valence-electron chi connectivity index (χ2n) is 5.56. The molecule has 0 radical (unpaired) electrons. The summed E-state index contributed by atoms with van der Waals surface area (Å²) in [5.41, 5.74) is 7.70. The molecule has 0 aliphatic carbocycles. The van der Waals surface area contributed by atoms with Crippen LogP contribution in [-0.2, 0) is 20.4 Å². The Kier molecular flexibility index (Phi) is 9.28. The molecular formula is C18H20Cl2N2O4S. The Labute approximate surface area is 168 Å². The lowest BCUT2D eigenvalue weighted by molar-refractivity contribution is -0.114. The quantitative estimate of drug-likeness (QED) is 0.414. The molecule has 0 heterocycles. The van der Waals surface area contributed by atoms with Gasteiger partial charge in [-0.3, -0.25) is 9.59 Å². The lowest BCUT2D eigenvalue weighted by atomic mass is 10.2. The number of hydrogen-bond donors (Lipinski definition) is 2. The number of anilines is 2. The average molecular weight is 431 g/mol. The Bertz CT molecular complexity index is 902. The van der Waals surface area contributed by atoms with Gasteiger partial charge < -0.3 is 11.1 Å². The first-order chi connectivity index (χ1) is 12.6. The number of amides is 1. The summed E-state index contributed by atoms with van der Waals surface area (Å²) in [4.78, 5) is 21.5. The van der Waals surface area contributed by atoms with E-state index in [1.165, 1.54) is 19.1 Å². The van der Waals surface area contributed by atoms with Crippen LogP contribution >= 0.6 is 23.2 Å². The molecule has 6 nitrogen and oxygen atoms in total. The van der Waals surface area contributed by atoms with E-state index in [-0.39, 0.29) is 23.3 Å². The van der Waals surface area contributed by atoms with Gasteiger partial charge in [0.25, 0.3) is 5.24 Å². The van der Waals surface area contributed by atoms with Gasteiger partial charge in [0, 0.05) is 29.7 Å². The molecule has 0 atom stereocenters. The van der Waals surface area contributed by atoms with Crippen LogP contribution in [0.5, 0.6) is 0 Å². The second-order valence-corrected chi connectivity index (χ2v) is 8.47. The van der Waals surface area contributed by atoms with Crippen molar-refractivity contribution in [2.24, 2.45) is 0 Å². The highest BCUT2D eigenvalue weighted by Crippen LogP contribution is 2.12. The SMILES string of the molecule is CC(=O)Nc1cccc(N)c1.O=C(Cl)c1cccc(CS(=O)(=O)CCCl)c1. The molecule has 0 saturated carbocycles. The molecule has 0 aromatic heterocycles. The van der Waals surface area contributed by atoms with E-state index in [0.29, 0.717) is 16.8 Å². The first-order valence-electron chi connectivity index (χ1n) is 7.81. The highest BCUT2D eigenvalue weighted by Gasteiger charge is 2.12. The Hall–Kier alpha value is -2.09. The van der Waals surface area contributed by atoms with Crippen LogP contribution in [0.15, 0.2) is 48.5 Å². The predicted molar refractivity (Wildman–Crippen MR) is 110 cm³/mol. The first kappa shape index (κ1) is 23.0. The Morgan fingerprint density at radius 2 is 1.78 bits per heavy atom. The molecule has 27 heavy (non-hydrogen) atoms. The molecule has 2 aromatic carbocycles. The number of rotatable bonds is 6. The lowest BCUT2D eigenvalue weighted by Gasteiger charge is -2.03. The highest BCUT2D eigenvalue weighted by atomic mass is 35.5. The third kappa shape index (κ3) is 9.42. The van der Waals surface area contributed by atoms with Crippen LogP contribution in [0.2, 0.25) is 0 Å². The molecule has 2 rings (SSSR count). The number of carbonyl (C=O) groups excluding carboxylic acids is 2. The molecule has 0 spiro atoms. The fourth-order valence-corrected chi connectivity index (χ4v) is 3.94. The number of benzene rings is 2. The van der Waals surface area contributed by atoms with Gasteiger partial charge in [0.1, 0.15) is 0 Å². The van der Waals surface area contributed by atoms with E-state index in [1.54, 1.807) is 36.4 Å². The Morgan fingerprint density at radius 3 is 2.33 bits per heavy atom. The topological polar surface area (TPSA) is 106 Å². The van der Waals surface area contributed by atoms with Gasteiger partial charge in [-0.2, -0.15) is 0 Å². The zero-order chi connectivity index (χ0) is 20.4. The van der Waals surface area contributed by atoms with E-state index >= 15 is 0 Å². The van der Waals surface area contributed by atoms with Crippen LogP contribution < -0.4 is 11.1 Å². The molecule has 146 valence electrons. The van der Waals surface area contributed by atoms with Crippen molar-refractivity contribution in [3.8, 4) is 0 Å². The van der Waals surface area contributed by atoms with Crippen molar-refractivity contribution in [2.45, 2.75) is 12.7 Å². The summed E-state index contributed by atoms with van der Waals surface area (Å²) in [5, 5.41) is 2.03. The van der Waals surface area contributed by atoms with Gasteiger partial charge in [-0.15, -0.1) is 11.6 Å². The molecule has 9 heteroatoms. The summed E-state index contributed by atoms with van der Waals surface area (Å²) in [7, 11) is -3.21. The van der Waals surface area contributed by atoms with E-state index < -0.39 is 15.1 Å². The minimum absolute atomic E-state index is 0.0659. The molecule has 0 bridgehead atoms. The van der Waals surface area contributed by atoms with Crippen LogP contribution in [0.25, 0.3) is 0 Å². The number of nitrogens with two attached hydrogens (primary N) is 1. The van der Waals surface area contributed by atoms with Gasteiger partial charge in [0.05, 0.1) is 11.5 Å². The zero-order valence-corrected chi connectivity index (χ0v) is 16.9. The van der Waals surface area contributed by atoms with Gasteiger partial charge in [-0.05, 0) is 41.4 Å². The van der Waals surface area contributed by atoms with Crippen LogP contribution in [-0.4, -0.2) is 31.2 Å². The van der Waals surface area contributed by atoms with Crippen LogP contribution in [0.1, 0.15) is 22.8 Å². The van der Waals surface area contributed by atoms with Crippen molar-refractivity contribution in [3.05, 3.63) is 59.7 Å². The first-order valence-corrected chi connectivity index (χ1v) is 10.5. The number of hydrogen-bond acceptors (Lipinski definition) is 5. The Balaban J connectivity index is 0.000000289. The van der Waals surface area contributed by atoms with Crippen molar-refractivity contribution in [1.82, 2.24) is 0 Å². The smallest absolute Gasteiger partial charge is 0.252 e. The maximum atomic E-state index is 11.5. The fourth-order valence-electron chi connectivity index (χ4n) is 2.05. The van der Waals surface area contributed by atoms with Crippen molar-refractivity contribution < 1.29 is 18.0 Å². The predicted octanol–water partition coefficient (Wildman–Crippen LogP) is 3.45. The molecular weight excluding hydrogens is 411 g/mol. The lowest BCUT2D eigenvalue weighted by Crippen LogP contribution is -2.10. The van der Waals surface area contributed by atoms with Gasteiger partial charge in [-0.25, -0.2) is 8.42 Å².